The number of fused-ring (bicyclic) bond motifs is 1. The monoisotopic (exact) mass is 286 g/mol. The largest absolute Gasteiger partial charge is 0.618 e. The van der Waals surface area contributed by atoms with E-state index >= 15 is 0 Å². The Hall–Kier alpha value is -0.870. The molecule has 0 amide bonds. The van der Waals surface area contributed by atoms with Crippen molar-refractivity contribution in [2.24, 2.45) is 0 Å². The van der Waals surface area contributed by atoms with E-state index in [1.54, 1.807) is 12.1 Å². The van der Waals surface area contributed by atoms with Crippen molar-refractivity contribution in [3.63, 3.8) is 0 Å². The van der Waals surface area contributed by atoms with Crippen LogP contribution in [0.1, 0.15) is 12.6 Å². The highest BCUT2D eigenvalue weighted by molar-refractivity contribution is 9.10. The van der Waals surface area contributed by atoms with Gasteiger partial charge in [0, 0.05) is 4.47 Å². The van der Waals surface area contributed by atoms with Gasteiger partial charge in [-0.3, -0.25) is 0 Å². The minimum Gasteiger partial charge on any atom is -0.618 e. The van der Waals surface area contributed by atoms with Gasteiger partial charge in [0.1, 0.15) is 16.2 Å². The molecule has 0 radical (unpaired) electrons. The molecule has 1 aromatic heterocycles. The van der Waals surface area contributed by atoms with Crippen molar-refractivity contribution in [2.45, 2.75) is 13.3 Å². The summed E-state index contributed by atoms with van der Waals surface area (Å²) >= 11 is 9.29. The molecular weight excluding hydrogens is 279 g/mol. The fourth-order valence-corrected chi connectivity index (χ4v) is 1.95. The van der Waals surface area contributed by atoms with Crippen molar-refractivity contribution >= 4 is 38.6 Å². The van der Waals surface area contributed by atoms with Gasteiger partial charge in [-0.15, -0.1) is 0 Å². The minimum absolute atomic E-state index is 0.401. The van der Waals surface area contributed by atoms with Crippen molar-refractivity contribution in [3.05, 3.63) is 38.7 Å². The molecule has 0 spiro atoms. The highest BCUT2D eigenvalue weighted by Gasteiger charge is 2.14. The summed E-state index contributed by atoms with van der Waals surface area (Å²) in [6, 6.07) is 3.57. The van der Waals surface area contributed by atoms with Crippen molar-refractivity contribution in [3.8, 4) is 0 Å². The summed E-state index contributed by atoms with van der Waals surface area (Å²) in [5.41, 5.74) is 1.79. The van der Waals surface area contributed by atoms with Crippen LogP contribution < -0.4 is 4.73 Å². The fourth-order valence-electron chi connectivity index (χ4n) is 1.38. The van der Waals surface area contributed by atoms with Crippen molar-refractivity contribution < 1.29 is 4.73 Å². The van der Waals surface area contributed by atoms with Gasteiger partial charge in [0.25, 0.3) is 5.52 Å². The van der Waals surface area contributed by atoms with Gasteiger partial charge in [0.2, 0.25) is 6.20 Å². The van der Waals surface area contributed by atoms with Crippen molar-refractivity contribution in [1.82, 2.24) is 4.98 Å². The number of nitrogens with zero attached hydrogens (tertiary/aromatic N) is 2. The predicted octanol–water partition coefficient (Wildman–Crippen LogP) is 2.85. The Morgan fingerprint density at radius 1 is 1.53 bits per heavy atom. The molecule has 1 heterocycles. The van der Waals surface area contributed by atoms with Crippen LogP contribution >= 0.6 is 27.5 Å². The Balaban J connectivity index is 2.85. The van der Waals surface area contributed by atoms with Gasteiger partial charge in [-0.2, -0.15) is 4.73 Å². The average molecular weight is 288 g/mol. The number of hydrogen-bond donors (Lipinski definition) is 0. The molecule has 0 atom stereocenters. The van der Waals surface area contributed by atoms with Crippen LogP contribution in [0.3, 0.4) is 0 Å². The van der Waals surface area contributed by atoms with E-state index in [1.807, 2.05) is 6.92 Å². The number of aryl methyl sites for hydroxylation is 1. The molecule has 0 N–H and O–H groups in total. The zero-order chi connectivity index (χ0) is 11.0. The van der Waals surface area contributed by atoms with E-state index in [9.17, 15) is 5.21 Å². The fraction of sp³-hybridized carbons (Fsp3) is 0.200. The maximum atomic E-state index is 11.7. The van der Waals surface area contributed by atoms with E-state index in [0.29, 0.717) is 20.5 Å². The van der Waals surface area contributed by atoms with E-state index in [0.717, 1.165) is 16.8 Å². The van der Waals surface area contributed by atoms with Crippen LogP contribution in [0.25, 0.3) is 11.0 Å². The van der Waals surface area contributed by atoms with Gasteiger partial charge in [-0.05, 0) is 34.5 Å². The quantitative estimate of drug-likeness (QED) is 0.598. The number of hydrogen-bond acceptors (Lipinski definition) is 2. The Morgan fingerprint density at radius 3 is 2.93 bits per heavy atom. The predicted molar refractivity (Wildman–Crippen MR) is 62.8 cm³/mol. The highest BCUT2D eigenvalue weighted by atomic mass is 79.9. The van der Waals surface area contributed by atoms with E-state index in [1.165, 1.54) is 6.20 Å². The third kappa shape index (κ3) is 1.79. The zero-order valence-corrected chi connectivity index (χ0v) is 10.3. The summed E-state index contributed by atoms with van der Waals surface area (Å²) in [4.78, 5) is 4.33. The van der Waals surface area contributed by atoms with Crippen LogP contribution in [-0.4, -0.2) is 4.98 Å². The Labute approximate surface area is 100 Å². The lowest BCUT2D eigenvalue weighted by Gasteiger charge is -2.05. The summed E-state index contributed by atoms with van der Waals surface area (Å²) in [5.74, 6) is 0. The van der Waals surface area contributed by atoms with Crippen LogP contribution in [0, 0.1) is 5.21 Å². The molecule has 1 aromatic carbocycles. The molecule has 0 saturated carbocycles. The molecule has 5 heteroatoms. The van der Waals surface area contributed by atoms with Crippen LogP contribution in [-0.2, 0) is 6.42 Å². The molecule has 0 saturated heterocycles. The third-order valence-corrected chi connectivity index (χ3v) is 3.43. The molecule has 3 nitrogen and oxygen atoms in total. The lowest BCUT2D eigenvalue weighted by Crippen LogP contribution is -2.28. The second-order valence-corrected chi connectivity index (χ2v) is 4.37. The first-order chi connectivity index (χ1) is 7.13. The molecular formula is C10H8BrClN2O. The normalized spacial score (nSPS) is 10.9. The van der Waals surface area contributed by atoms with Crippen LogP contribution in [0.15, 0.2) is 22.8 Å². The second kappa shape index (κ2) is 3.94. The van der Waals surface area contributed by atoms with E-state index in [4.69, 9.17) is 11.6 Å². The minimum atomic E-state index is 0.401. The first kappa shape index (κ1) is 10.6. The number of halogens is 2. The summed E-state index contributed by atoms with van der Waals surface area (Å²) in [6.45, 7) is 1.95. The summed E-state index contributed by atoms with van der Waals surface area (Å²) < 4.78 is 1.47. The number of rotatable bonds is 1. The summed E-state index contributed by atoms with van der Waals surface area (Å²) in [6.07, 6.45) is 2.19. The lowest BCUT2D eigenvalue weighted by molar-refractivity contribution is -0.577. The first-order valence-electron chi connectivity index (χ1n) is 4.50. The topological polar surface area (TPSA) is 39.8 Å². The maximum Gasteiger partial charge on any atom is 0.262 e. The number of benzene rings is 1. The molecule has 0 aliphatic heterocycles. The standard InChI is InChI=1S/C10H8BrClN2O/c1-2-6-5-14(15)10-8(13-6)4-3-7(11)9(10)12/h3-5H,2H2,1H3. The second-order valence-electron chi connectivity index (χ2n) is 3.14. The summed E-state index contributed by atoms with van der Waals surface area (Å²) in [5, 5.41) is 12.1. The van der Waals surface area contributed by atoms with Gasteiger partial charge in [-0.25, -0.2) is 4.98 Å². The lowest BCUT2D eigenvalue weighted by atomic mass is 10.2. The molecule has 78 valence electrons. The van der Waals surface area contributed by atoms with Crippen molar-refractivity contribution in [2.75, 3.05) is 0 Å². The molecule has 0 bridgehead atoms. The molecule has 0 unspecified atom stereocenters. The molecule has 0 aliphatic rings. The van der Waals surface area contributed by atoms with Crippen LogP contribution in [0.2, 0.25) is 5.02 Å². The van der Waals surface area contributed by atoms with E-state index < -0.39 is 0 Å². The van der Waals surface area contributed by atoms with Crippen LogP contribution in [0.4, 0.5) is 0 Å². The first-order valence-corrected chi connectivity index (χ1v) is 5.67. The van der Waals surface area contributed by atoms with Gasteiger partial charge >= 0.3 is 0 Å². The van der Waals surface area contributed by atoms with Gasteiger partial charge in [0.15, 0.2) is 0 Å². The highest BCUT2D eigenvalue weighted by Crippen LogP contribution is 2.27. The van der Waals surface area contributed by atoms with Gasteiger partial charge in [-0.1, -0.05) is 18.5 Å². The molecule has 0 fully saturated rings. The third-order valence-electron chi connectivity index (χ3n) is 2.16. The average Bonchev–Trinajstić information content (AvgIpc) is 2.23. The van der Waals surface area contributed by atoms with Crippen LogP contribution in [0.5, 0.6) is 0 Å². The SMILES string of the molecule is CCc1c[n+]([O-])c2c(Cl)c(Br)ccc2n1. The Kier molecular flexibility index (Phi) is 2.80. The molecule has 2 rings (SSSR count). The van der Waals surface area contributed by atoms with Gasteiger partial charge in [0.05, 0.1) is 0 Å². The van der Waals surface area contributed by atoms with Gasteiger partial charge < -0.3 is 5.21 Å². The van der Waals surface area contributed by atoms with E-state index in [-0.39, 0.29) is 0 Å². The zero-order valence-electron chi connectivity index (χ0n) is 8.00. The van der Waals surface area contributed by atoms with E-state index in [2.05, 4.69) is 20.9 Å². The summed E-state index contributed by atoms with van der Waals surface area (Å²) in [7, 11) is 0. The maximum absolute atomic E-state index is 11.7. The van der Waals surface area contributed by atoms with Crippen molar-refractivity contribution in [1.29, 1.82) is 0 Å². The Bertz CT molecular complexity index is 530. The number of aromatic nitrogens is 2. The smallest absolute Gasteiger partial charge is 0.262 e. The molecule has 15 heavy (non-hydrogen) atoms. The Morgan fingerprint density at radius 2 is 2.27 bits per heavy atom. The molecule has 0 aliphatic carbocycles. The molecule has 2 aromatic rings.